The lowest BCUT2D eigenvalue weighted by molar-refractivity contribution is -0.118. The Bertz CT molecular complexity index is 417. The monoisotopic (exact) mass is 224 g/mol. The van der Waals surface area contributed by atoms with Crippen LogP contribution in [0.3, 0.4) is 0 Å². The van der Waals surface area contributed by atoms with Gasteiger partial charge in [0, 0.05) is 5.69 Å². The molecule has 1 aromatic carbocycles. The molecule has 0 bridgehead atoms. The minimum Gasteiger partial charge on any atom is -0.493 e. The van der Waals surface area contributed by atoms with Gasteiger partial charge < -0.3 is 21.3 Å². The zero-order valence-corrected chi connectivity index (χ0v) is 8.47. The largest absolute Gasteiger partial charge is 0.493 e. The lowest BCUT2D eigenvalue weighted by Crippen LogP contribution is -2.14. The molecule has 0 saturated carbocycles. The van der Waals surface area contributed by atoms with E-state index in [1.807, 2.05) is 0 Å². The lowest BCUT2D eigenvalue weighted by atomic mass is 10.2. The van der Waals surface area contributed by atoms with E-state index >= 15 is 0 Å². The molecule has 0 heterocycles. The van der Waals surface area contributed by atoms with Crippen LogP contribution in [0, 0.1) is 0 Å². The molecule has 1 amide bonds. The highest BCUT2D eigenvalue weighted by atomic mass is 16.5. The number of primary amides is 1. The summed E-state index contributed by atoms with van der Waals surface area (Å²) in [7, 11) is 0. The molecule has 6 heteroatoms. The Morgan fingerprint density at radius 2 is 2.06 bits per heavy atom. The first kappa shape index (κ1) is 11.8. The van der Waals surface area contributed by atoms with E-state index in [4.69, 9.17) is 21.3 Å². The molecule has 0 fully saturated rings. The maximum atomic E-state index is 10.7. The zero-order chi connectivity index (χ0) is 12.1. The number of amides is 1. The summed E-state index contributed by atoms with van der Waals surface area (Å²) in [6.45, 7) is 0.109. The quantitative estimate of drug-likeness (QED) is 0.619. The first-order valence-electron chi connectivity index (χ1n) is 4.54. The molecule has 1 aromatic rings. The predicted octanol–water partition coefficient (Wildman–Crippen LogP) is 0.221. The van der Waals surface area contributed by atoms with Crippen molar-refractivity contribution in [2.75, 3.05) is 12.3 Å². The van der Waals surface area contributed by atoms with E-state index in [0.717, 1.165) is 0 Å². The summed E-state index contributed by atoms with van der Waals surface area (Å²) in [4.78, 5) is 21.2. The summed E-state index contributed by atoms with van der Waals surface area (Å²) in [5, 5.41) is 8.79. The maximum absolute atomic E-state index is 10.7. The second-order valence-electron chi connectivity index (χ2n) is 3.12. The molecule has 5 N–H and O–H groups in total. The molecule has 0 spiro atoms. The highest BCUT2D eigenvalue weighted by Gasteiger charge is 2.09. The minimum absolute atomic E-state index is 0.0309. The number of carboxylic acid groups (broad SMARTS) is 1. The molecule has 0 radical (unpaired) electrons. The molecule has 0 saturated heterocycles. The zero-order valence-electron chi connectivity index (χ0n) is 8.47. The van der Waals surface area contributed by atoms with Gasteiger partial charge in [-0.3, -0.25) is 4.79 Å². The SMILES string of the molecule is NC(=O)CCOc1ccc(N)c(C(=O)O)c1. The van der Waals surface area contributed by atoms with Crippen LogP contribution >= 0.6 is 0 Å². The van der Waals surface area contributed by atoms with Crippen molar-refractivity contribution in [3.63, 3.8) is 0 Å². The summed E-state index contributed by atoms with van der Waals surface area (Å²) in [6, 6.07) is 4.27. The van der Waals surface area contributed by atoms with Gasteiger partial charge in [-0.2, -0.15) is 0 Å². The summed E-state index contributed by atoms with van der Waals surface area (Å²) in [5.41, 5.74) is 10.5. The topological polar surface area (TPSA) is 116 Å². The van der Waals surface area contributed by atoms with Gasteiger partial charge >= 0.3 is 5.97 Å². The van der Waals surface area contributed by atoms with Gasteiger partial charge in [-0.25, -0.2) is 4.79 Å². The van der Waals surface area contributed by atoms with Crippen molar-refractivity contribution in [1.29, 1.82) is 0 Å². The fourth-order valence-corrected chi connectivity index (χ4v) is 1.08. The number of nitrogen functional groups attached to an aromatic ring is 1. The molecular weight excluding hydrogens is 212 g/mol. The van der Waals surface area contributed by atoms with Crippen molar-refractivity contribution in [1.82, 2.24) is 0 Å². The molecule has 1 rings (SSSR count). The Morgan fingerprint density at radius 3 is 2.62 bits per heavy atom. The van der Waals surface area contributed by atoms with Crippen molar-refractivity contribution in [3.05, 3.63) is 23.8 Å². The van der Waals surface area contributed by atoms with Crippen molar-refractivity contribution in [2.45, 2.75) is 6.42 Å². The number of carbonyl (C=O) groups is 2. The van der Waals surface area contributed by atoms with Gasteiger partial charge in [0.2, 0.25) is 5.91 Å². The van der Waals surface area contributed by atoms with E-state index in [0.29, 0.717) is 5.75 Å². The minimum atomic E-state index is -1.13. The average Bonchev–Trinajstić information content (AvgIpc) is 2.19. The summed E-state index contributed by atoms with van der Waals surface area (Å²) in [6.07, 6.45) is 0.0762. The molecule has 0 aromatic heterocycles. The van der Waals surface area contributed by atoms with Gasteiger partial charge in [-0.15, -0.1) is 0 Å². The average molecular weight is 224 g/mol. The number of hydrogen-bond donors (Lipinski definition) is 3. The van der Waals surface area contributed by atoms with E-state index in [9.17, 15) is 9.59 Å². The number of benzene rings is 1. The first-order chi connectivity index (χ1) is 7.50. The van der Waals surface area contributed by atoms with Crippen molar-refractivity contribution >= 4 is 17.6 Å². The molecule has 16 heavy (non-hydrogen) atoms. The maximum Gasteiger partial charge on any atom is 0.337 e. The van der Waals surface area contributed by atoms with E-state index in [-0.39, 0.29) is 24.3 Å². The summed E-state index contributed by atoms with van der Waals surface area (Å²) in [5.74, 6) is -1.26. The van der Waals surface area contributed by atoms with Crippen LogP contribution in [0.25, 0.3) is 0 Å². The van der Waals surface area contributed by atoms with Crippen molar-refractivity contribution in [3.8, 4) is 5.75 Å². The van der Waals surface area contributed by atoms with Crippen molar-refractivity contribution in [2.24, 2.45) is 5.73 Å². The molecule has 0 unspecified atom stereocenters. The number of aromatic carboxylic acids is 1. The van der Waals surface area contributed by atoms with Crippen LogP contribution in [-0.2, 0) is 4.79 Å². The lowest BCUT2D eigenvalue weighted by Gasteiger charge is -2.07. The number of rotatable bonds is 5. The van der Waals surface area contributed by atoms with Crippen molar-refractivity contribution < 1.29 is 19.4 Å². The van der Waals surface area contributed by atoms with Crippen LogP contribution < -0.4 is 16.2 Å². The fraction of sp³-hybridized carbons (Fsp3) is 0.200. The van der Waals surface area contributed by atoms with Gasteiger partial charge in [0.05, 0.1) is 18.6 Å². The van der Waals surface area contributed by atoms with E-state index in [1.54, 1.807) is 0 Å². The molecule has 0 aliphatic heterocycles. The molecule has 0 aliphatic rings. The van der Waals surface area contributed by atoms with Crippen LogP contribution in [0.15, 0.2) is 18.2 Å². The molecular formula is C10H12N2O4. The van der Waals surface area contributed by atoms with E-state index in [2.05, 4.69) is 0 Å². The standard InChI is InChI=1S/C10H12N2O4/c11-8-2-1-6(5-7(8)10(14)15)16-4-3-9(12)13/h1-2,5H,3-4,11H2,(H2,12,13)(H,14,15). The van der Waals surface area contributed by atoms with Crippen LogP contribution in [0.2, 0.25) is 0 Å². The molecule has 86 valence electrons. The Labute approximate surface area is 91.8 Å². The highest BCUT2D eigenvalue weighted by molar-refractivity contribution is 5.94. The number of carboxylic acids is 1. The third-order valence-electron chi connectivity index (χ3n) is 1.87. The smallest absolute Gasteiger partial charge is 0.337 e. The van der Waals surface area contributed by atoms with E-state index in [1.165, 1.54) is 18.2 Å². The number of hydrogen-bond acceptors (Lipinski definition) is 4. The second kappa shape index (κ2) is 5.01. The van der Waals surface area contributed by atoms with E-state index < -0.39 is 11.9 Å². The van der Waals surface area contributed by atoms with Crippen LogP contribution in [0.1, 0.15) is 16.8 Å². The van der Waals surface area contributed by atoms with Gasteiger partial charge in [0.1, 0.15) is 5.75 Å². The van der Waals surface area contributed by atoms with Gasteiger partial charge in [-0.05, 0) is 18.2 Å². The molecule has 0 aliphatic carbocycles. The van der Waals surface area contributed by atoms with Gasteiger partial charge in [0.15, 0.2) is 0 Å². The number of ether oxygens (including phenoxy) is 1. The Balaban J connectivity index is 2.71. The third-order valence-corrected chi connectivity index (χ3v) is 1.87. The Morgan fingerprint density at radius 1 is 1.38 bits per heavy atom. The third kappa shape index (κ3) is 3.16. The molecule has 0 atom stereocenters. The van der Waals surface area contributed by atoms with Crippen LogP contribution in [0.5, 0.6) is 5.75 Å². The first-order valence-corrected chi connectivity index (χ1v) is 4.54. The number of anilines is 1. The molecule has 6 nitrogen and oxygen atoms in total. The fourth-order valence-electron chi connectivity index (χ4n) is 1.08. The van der Waals surface area contributed by atoms with Crippen LogP contribution in [0.4, 0.5) is 5.69 Å². The number of carbonyl (C=O) groups excluding carboxylic acids is 1. The normalized spacial score (nSPS) is 9.75. The summed E-state index contributed by atoms with van der Waals surface area (Å²) >= 11 is 0. The predicted molar refractivity (Wildman–Crippen MR) is 57.1 cm³/mol. The van der Waals surface area contributed by atoms with Gasteiger partial charge in [0.25, 0.3) is 0 Å². The van der Waals surface area contributed by atoms with Gasteiger partial charge in [-0.1, -0.05) is 0 Å². The second-order valence-corrected chi connectivity index (χ2v) is 3.12. The Hall–Kier alpha value is -2.24. The Kier molecular flexibility index (Phi) is 3.71. The number of nitrogens with two attached hydrogens (primary N) is 2. The van der Waals surface area contributed by atoms with Crippen LogP contribution in [-0.4, -0.2) is 23.6 Å². The summed E-state index contributed by atoms with van der Waals surface area (Å²) < 4.78 is 5.14. The highest BCUT2D eigenvalue weighted by Crippen LogP contribution is 2.19.